The number of pyridine rings is 1. The van der Waals surface area contributed by atoms with Crippen LogP contribution < -0.4 is 4.74 Å². The Labute approximate surface area is 180 Å². The lowest BCUT2D eigenvalue weighted by atomic mass is 9.94. The first kappa shape index (κ1) is 20.3. The van der Waals surface area contributed by atoms with Crippen LogP contribution in [0.15, 0.2) is 90.5 Å². The van der Waals surface area contributed by atoms with E-state index in [1.165, 1.54) is 4.90 Å². The molecule has 0 saturated carbocycles. The summed E-state index contributed by atoms with van der Waals surface area (Å²) in [5.41, 5.74) is 1.66. The highest BCUT2D eigenvalue weighted by molar-refractivity contribution is 6.08. The molecule has 0 aliphatic carbocycles. The second-order valence-electron chi connectivity index (χ2n) is 7.22. The summed E-state index contributed by atoms with van der Waals surface area (Å²) in [4.78, 5) is 31.1. The maximum Gasteiger partial charge on any atom is 0.290 e. The van der Waals surface area contributed by atoms with E-state index in [2.05, 4.69) is 4.98 Å². The zero-order valence-corrected chi connectivity index (χ0v) is 17.1. The number of amides is 1. The van der Waals surface area contributed by atoms with Crippen LogP contribution in [0.3, 0.4) is 0 Å². The van der Waals surface area contributed by atoms with Crippen molar-refractivity contribution in [3.8, 4) is 11.5 Å². The second-order valence-corrected chi connectivity index (χ2v) is 7.22. The molecule has 1 N–H and O–H groups in total. The number of para-hydroxylation sites is 1. The van der Waals surface area contributed by atoms with Crippen molar-refractivity contribution >= 4 is 11.7 Å². The molecule has 0 saturated heterocycles. The molecule has 4 rings (SSSR count). The van der Waals surface area contributed by atoms with Gasteiger partial charge in [0.15, 0.2) is 11.5 Å². The Morgan fingerprint density at radius 3 is 2.45 bits per heavy atom. The van der Waals surface area contributed by atoms with E-state index in [9.17, 15) is 14.7 Å². The molecule has 156 valence electrons. The minimum atomic E-state index is -0.701. The fraction of sp³-hybridized carbons (Fsp3) is 0.160. The lowest BCUT2D eigenvalue weighted by Crippen LogP contribution is -2.30. The molecule has 1 aliphatic heterocycles. The van der Waals surface area contributed by atoms with E-state index in [1.54, 1.807) is 37.5 Å². The molecule has 2 heterocycles. The summed E-state index contributed by atoms with van der Waals surface area (Å²) >= 11 is 0. The van der Waals surface area contributed by atoms with E-state index in [4.69, 9.17) is 4.74 Å². The summed E-state index contributed by atoms with van der Waals surface area (Å²) in [6.45, 7) is 1.95. The van der Waals surface area contributed by atoms with Crippen LogP contribution in [0.4, 0.5) is 0 Å². The van der Waals surface area contributed by atoms with Gasteiger partial charge in [-0.25, -0.2) is 0 Å². The number of hydrogen-bond acceptors (Lipinski definition) is 5. The van der Waals surface area contributed by atoms with E-state index < -0.39 is 17.7 Å². The van der Waals surface area contributed by atoms with Crippen molar-refractivity contribution in [2.45, 2.75) is 25.9 Å². The Hall–Kier alpha value is -3.93. The highest BCUT2D eigenvalue weighted by Crippen LogP contribution is 2.40. The Morgan fingerprint density at radius 1 is 1.03 bits per heavy atom. The summed E-state index contributed by atoms with van der Waals surface area (Å²) in [6.07, 6.45) is 3.47. The molecule has 1 unspecified atom stereocenters. The van der Waals surface area contributed by atoms with Crippen LogP contribution in [0.2, 0.25) is 0 Å². The topological polar surface area (TPSA) is 79.7 Å². The normalized spacial score (nSPS) is 16.0. The quantitative estimate of drug-likeness (QED) is 0.604. The Kier molecular flexibility index (Phi) is 5.80. The summed E-state index contributed by atoms with van der Waals surface area (Å²) in [5, 5.41) is 10.6. The number of carbonyl (C=O) groups excluding carboxylic acids is 2. The third-order valence-corrected chi connectivity index (χ3v) is 5.18. The SMILES string of the molecule is CCC(=O)C1=C(O)C(=O)N(Cc2ccncc2)C1c1cccc(Oc2ccccc2)c1. The van der Waals surface area contributed by atoms with Crippen LogP contribution in [0, 0.1) is 0 Å². The average molecular weight is 414 g/mol. The molecule has 0 fully saturated rings. The predicted molar refractivity (Wildman–Crippen MR) is 115 cm³/mol. The number of aliphatic hydroxyl groups is 1. The summed E-state index contributed by atoms with van der Waals surface area (Å²) in [5.74, 6) is -0.0514. The number of carbonyl (C=O) groups is 2. The van der Waals surface area contributed by atoms with Gasteiger partial charge in [0.2, 0.25) is 0 Å². The Balaban J connectivity index is 1.73. The molecule has 0 bridgehead atoms. The molecule has 0 radical (unpaired) electrons. The number of rotatable bonds is 7. The highest BCUT2D eigenvalue weighted by atomic mass is 16.5. The van der Waals surface area contributed by atoms with E-state index in [0.29, 0.717) is 17.1 Å². The number of aliphatic hydroxyl groups excluding tert-OH is 1. The fourth-order valence-electron chi connectivity index (χ4n) is 3.70. The lowest BCUT2D eigenvalue weighted by Gasteiger charge is -2.27. The zero-order chi connectivity index (χ0) is 21.8. The van der Waals surface area contributed by atoms with Crippen LogP contribution in [0.5, 0.6) is 11.5 Å². The van der Waals surface area contributed by atoms with Crippen LogP contribution in [0.1, 0.15) is 30.5 Å². The van der Waals surface area contributed by atoms with Gasteiger partial charge in [0.1, 0.15) is 11.5 Å². The number of aromatic nitrogens is 1. The van der Waals surface area contributed by atoms with Crippen molar-refractivity contribution in [1.29, 1.82) is 0 Å². The molecule has 0 spiro atoms. The summed E-state index contributed by atoms with van der Waals surface area (Å²) in [6, 6.07) is 19.5. The predicted octanol–water partition coefficient (Wildman–Crippen LogP) is 4.75. The first-order chi connectivity index (χ1) is 15.1. The zero-order valence-electron chi connectivity index (χ0n) is 17.1. The minimum absolute atomic E-state index is 0.124. The maximum atomic E-state index is 12.9. The third-order valence-electron chi connectivity index (χ3n) is 5.18. The van der Waals surface area contributed by atoms with Gasteiger partial charge in [-0.1, -0.05) is 37.3 Å². The molecular formula is C25H22N2O4. The molecule has 1 aromatic heterocycles. The molecule has 6 heteroatoms. The average Bonchev–Trinajstić information content (AvgIpc) is 3.05. The molecular weight excluding hydrogens is 392 g/mol. The van der Waals surface area contributed by atoms with Gasteiger partial charge in [-0.05, 0) is 47.5 Å². The molecule has 1 aliphatic rings. The molecule has 3 aromatic rings. The number of ketones is 1. The summed E-state index contributed by atoms with van der Waals surface area (Å²) < 4.78 is 5.93. The van der Waals surface area contributed by atoms with E-state index in [1.807, 2.05) is 48.5 Å². The van der Waals surface area contributed by atoms with Crippen LogP contribution in [0.25, 0.3) is 0 Å². The number of ether oxygens (including phenoxy) is 1. The first-order valence-corrected chi connectivity index (χ1v) is 10.1. The van der Waals surface area contributed by atoms with Crippen molar-refractivity contribution in [1.82, 2.24) is 9.88 Å². The van der Waals surface area contributed by atoms with Crippen molar-refractivity contribution in [3.63, 3.8) is 0 Å². The number of hydrogen-bond donors (Lipinski definition) is 1. The standard InChI is InChI=1S/C25H22N2O4/c1-2-21(28)22-23(27(25(30)24(22)29)16-17-11-13-26-14-12-17)18-7-6-10-20(15-18)31-19-8-4-3-5-9-19/h3-15,23,29H,2,16H2,1H3. The van der Waals surface area contributed by atoms with E-state index >= 15 is 0 Å². The number of nitrogens with zero attached hydrogens (tertiary/aromatic N) is 2. The van der Waals surface area contributed by atoms with Crippen molar-refractivity contribution in [3.05, 3.63) is 102 Å². The summed E-state index contributed by atoms with van der Waals surface area (Å²) in [7, 11) is 0. The van der Waals surface area contributed by atoms with Crippen molar-refractivity contribution < 1.29 is 19.4 Å². The third kappa shape index (κ3) is 4.19. The monoisotopic (exact) mass is 414 g/mol. The minimum Gasteiger partial charge on any atom is -0.503 e. The van der Waals surface area contributed by atoms with Gasteiger partial charge in [-0.15, -0.1) is 0 Å². The molecule has 31 heavy (non-hydrogen) atoms. The largest absolute Gasteiger partial charge is 0.503 e. The van der Waals surface area contributed by atoms with Gasteiger partial charge >= 0.3 is 0 Å². The fourth-order valence-corrected chi connectivity index (χ4v) is 3.70. The Bertz CT molecular complexity index is 1130. The van der Waals surface area contributed by atoms with Gasteiger partial charge < -0.3 is 14.7 Å². The van der Waals surface area contributed by atoms with Gasteiger partial charge in [0, 0.05) is 25.4 Å². The second kappa shape index (κ2) is 8.83. The smallest absolute Gasteiger partial charge is 0.290 e. The number of Topliss-reactive ketones (excluding diaryl/α,β-unsaturated/α-hetero) is 1. The van der Waals surface area contributed by atoms with Gasteiger partial charge in [0.05, 0.1) is 11.6 Å². The van der Waals surface area contributed by atoms with Crippen molar-refractivity contribution in [2.75, 3.05) is 0 Å². The van der Waals surface area contributed by atoms with Crippen LogP contribution >= 0.6 is 0 Å². The Morgan fingerprint density at radius 2 is 1.74 bits per heavy atom. The van der Waals surface area contributed by atoms with E-state index in [-0.39, 0.29) is 24.3 Å². The molecule has 1 atom stereocenters. The maximum absolute atomic E-state index is 12.9. The first-order valence-electron chi connectivity index (χ1n) is 10.1. The van der Waals surface area contributed by atoms with E-state index in [0.717, 1.165) is 5.56 Å². The number of benzene rings is 2. The van der Waals surface area contributed by atoms with Gasteiger partial charge in [-0.2, -0.15) is 0 Å². The van der Waals surface area contributed by atoms with Gasteiger partial charge in [-0.3, -0.25) is 14.6 Å². The van der Waals surface area contributed by atoms with Crippen LogP contribution in [-0.4, -0.2) is 26.7 Å². The van der Waals surface area contributed by atoms with Crippen LogP contribution in [-0.2, 0) is 16.1 Å². The lowest BCUT2D eigenvalue weighted by molar-refractivity contribution is -0.130. The molecule has 6 nitrogen and oxygen atoms in total. The highest BCUT2D eigenvalue weighted by Gasteiger charge is 2.43. The van der Waals surface area contributed by atoms with Crippen molar-refractivity contribution in [2.24, 2.45) is 0 Å². The van der Waals surface area contributed by atoms with Gasteiger partial charge in [0.25, 0.3) is 5.91 Å². The molecule has 1 amide bonds. The molecule has 2 aromatic carbocycles.